The number of rotatable bonds is 4. The number of ether oxygens (including phenoxy) is 3. The molecule has 1 rings (SSSR count). The third-order valence-electron chi connectivity index (χ3n) is 3.41. The van der Waals surface area contributed by atoms with Crippen LogP contribution in [0.2, 0.25) is 0 Å². The van der Waals surface area contributed by atoms with Crippen LogP contribution in [0.5, 0.6) is 0 Å². The van der Waals surface area contributed by atoms with Crippen LogP contribution in [0.1, 0.15) is 34.1 Å². The lowest BCUT2D eigenvalue weighted by Crippen LogP contribution is -2.53. The molecular formula is C15H27NO4. The Morgan fingerprint density at radius 3 is 2.60 bits per heavy atom. The van der Waals surface area contributed by atoms with Gasteiger partial charge < -0.3 is 19.1 Å². The molecule has 1 aliphatic heterocycles. The normalized spacial score (nSPS) is 27.2. The van der Waals surface area contributed by atoms with Crippen molar-refractivity contribution in [2.24, 2.45) is 5.92 Å². The van der Waals surface area contributed by atoms with Gasteiger partial charge in [0.1, 0.15) is 12.4 Å². The zero-order valence-electron chi connectivity index (χ0n) is 13.2. The van der Waals surface area contributed by atoms with Gasteiger partial charge in [0.2, 0.25) is 0 Å². The highest BCUT2D eigenvalue weighted by molar-refractivity contribution is 5.69. The predicted molar refractivity (Wildman–Crippen MR) is 77.5 cm³/mol. The van der Waals surface area contributed by atoms with Gasteiger partial charge in [0.15, 0.2) is 0 Å². The van der Waals surface area contributed by atoms with Gasteiger partial charge in [-0.15, -0.1) is 6.58 Å². The number of methoxy groups -OCH3 is 1. The average molecular weight is 285 g/mol. The summed E-state index contributed by atoms with van der Waals surface area (Å²) in [6, 6.07) is -0.0829. The van der Waals surface area contributed by atoms with Crippen LogP contribution < -0.4 is 0 Å². The van der Waals surface area contributed by atoms with E-state index in [0.717, 1.165) is 6.42 Å². The van der Waals surface area contributed by atoms with Gasteiger partial charge in [0.25, 0.3) is 0 Å². The Hall–Kier alpha value is -1.07. The van der Waals surface area contributed by atoms with Crippen molar-refractivity contribution in [3.8, 4) is 0 Å². The fourth-order valence-electron chi connectivity index (χ4n) is 2.45. The largest absolute Gasteiger partial charge is 0.444 e. The van der Waals surface area contributed by atoms with Gasteiger partial charge in [-0.2, -0.15) is 0 Å². The Bertz CT molecular complexity index is 337. The SMILES string of the molecule is C=C[C@@H]1[C@@H](C)[C@@H](OCOC)CCN1C(=O)OC(C)(C)C. The summed E-state index contributed by atoms with van der Waals surface area (Å²) in [6.07, 6.45) is 2.33. The van der Waals surface area contributed by atoms with E-state index in [0.29, 0.717) is 6.54 Å². The number of piperidine rings is 1. The van der Waals surface area contributed by atoms with Crippen molar-refractivity contribution in [3.05, 3.63) is 12.7 Å². The molecule has 1 heterocycles. The number of hydrogen-bond acceptors (Lipinski definition) is 4. The summed E-state index contributed by atoms with van der Waals surface area (Å²) in [5.74, 6) is 0.156. The number of carbonyl (C=O) groups is 1. The molecule has 0 radical (unpaired) electrons. The molecule has 3 atom stereocenters. The first-order chi connectivity index (χ1) is 9.30. The molecule has 5 nitrogen and oxygen atoms in total. The van der Waals surface area contributed by atoms with Gasteiger partial charge in [-0.25, -0.2) is 4.79 Å². The highest BCUT2D eigenvalue weighted by atomic mass is 16.7. The fourth-order valence-corrected chi connectivity index (χ4v) is 2.45. The van der Waals surface area contributed by atoms with E-state index in [1.807, 2.05) is 20.8 Å². The van der Waals surface area contributed by atoms with Gasteiger partial charge in [0, 0.05) is 19.6 Å². The molecule has 0 bridgehead atoms. The molecule has 0 aliphatic carbocycles. The number of hydrogen-bond donors (Lipinski definition) is 0. The molecule has 0 aromatic carbocycles. The second-order valence-corrected chi connectivity index (χ2v) is 6.16. The third kappa shape index (κ3) is 4.49. The molecule has 20 heavy (non-hydrogen) atoms. The van der Waals surface area contributed by atoms with Crippen LogP contribution in [-0.4, -0.2) is 49.2 Å². The third-order valence-corrected chi connectivity index (χ3v) is 3.41. The van der Waals surface area contributed by atoms with Crippen LogP contribution in [0.15, 0.2) is 12.7 Å². The van der Waals surface area contributed by atoms with Crippen molar-refractivity contribution in [1.29, 1.82) is 0 Å². The molecule has 1 saturated heterocycles. The maximum Gasteiger partial charge on any atom is 0.410 e. The maximum atomic E-state index is 12.2. The second-order valence-electron chi connectivity index (χ2n) is 6.16. The molecule has 1 amide bonds. The molecule has 1 fully saturated rings. The van der Waals surface area contributed by atoms with Gasteiger partial charge in [-0.3, -0.25) is 0 Å². The molecule has 0 aromatic rings. The molecule has 0 unspecified atom stereocenters. The Morgan fingerprint density at radius 2 is 2.10 bits per heavy atom. The first-order valence-corrected chi connectivity index (χ1v) is 7.03. The summed E-state index contributed by atoms with van der Waals surface area (Å²) >= 11 is 0. The Balaban J connectivity index is 2.71. The van der Waals surface area contributed by atoms with Gasteiger partial charge in [-0.1, -0.05) is 13.0 Å². The van der Waals surface area contributed by atoms with Gasteiger partial charge in [-0.05, 0) is 27.2 Å². The molecular weight excluding hydrogens is 258 g/mol. The van der Waals surface area contributed by atoms with Crippen molar-refractivity contribution >= 4 is 6.09 Å². The quantitative estimate of drug-likeness (QED) is 0.588. The summed E-state index contributed by atoms with van der Waals surface area (Å²) < 4.78 is 16.1. The van der Waals surface area contributed by atoms with Crippen molar-refractivity contribution in [2.75, 3.05) is 20.4 Å². The smallest absolute Gasteiger partial charge is 0.410 e. The topological polar surface area (TPSA) is 48.0 Å². The number of nitrogens with zero attached hydrogens (tertiary/aromatic N) is 1. The second kappa shape index (κ2) is 7.09. The first kappa shape index (κ1) is 17.0. The summed E-state index contributed by atoms with van der Waals surface area (Å²) in [5, 5.41) is 0. The van der Waals surface area contributed by atoms with Crippen LogP contribution in [0.25, 0.3) is 0 Å². The van der Waals surface area contributed by atoms with Crippen molar-refractivity contribution in [1.82, 2.24) is 4.90 Å². The summed E-state index contributed by atoms with van der Waals surface area (Å²) in [6.45, 7) is 12.4. The van der Waals surface area contributed by atoms with E-state index in [1.54, 1.807) is 18.1 Å². The molecule has 5 heteroatoms. The van der Waals surface area contributed by atoms with Crippen LogP contribution in [-0.2, 0) is 14.2 Å². The van der Waals surface area contributed by atoms with E-state index in [1.165, 1.54) is 0 Å². The lowest BCUT2D eigenvalue weighted by Gasteiger charge is -2.42. The van der Waals surface area contributed by atoms with E-state index < -0.39 is 5.60 Å². The monoisotopic (exact) mass is 285 g/mol. The number of likely N-dealkylation sites (tertiary alicyclic amines) is 1. The van der Waals surface area contributed by atoms with Crippen molar-refractivity contribution in [2.45, 2.75) is 51.9 Å². The Labute approximate surface area is 121 Å². The van der Waals surface area contributed by atoms with Gasteiger partial charge in [0.05, 0.1) is 12.1 Å². The van der Waals surface area contributed by atoms with Crippen LogP contribution in [0.4, 0.5) is 4.79 Å². The van der Waals surface area contributed by atoms with Gasteiger partial charge >= 0.3 is 6.09 Å². The zero-order chi connectivity index (χ0) is 15.3. The van der Waals surface area contributed by atoms with E-state index in [-0.39, 0.29) is 30.9 Å². The van der Waals surface area contributed by atoms with Crippen LogP contribution in [0.3, 0.4) is 0 Å². The lowest BCUT2D eigenvalue weighted by atomic mass is 9.88. The molecule has 0 aromatic heterocycles. The Kier molecular flexibility index (Phi) is 6.02. The van der Waals surface area contributed by atoms with E-state index in [4.69, 9.17) is 14.2 Å². The van der Waals surface area contributed by atoms with E-state index in [9.17, 15) is 4.79 Å². The minimum atomic E-state index is -0.491. The van der Waals surface area contributed by atoms with E-state index in [2.05, 4.69) is 13.5 Å². The maximum absolute atomic E-state index is 12.2. The summed E-state index contributed by atoms with van der Waals surface area (Å²) in [5.41, 5.74) is -0.491. The number of amides is 1. The number of carbonyl (C=O) groups excluding carboxylic acids is 1. The minimum Gasteiger partial charge on any atom is -0.444 e. The highest BCUT2D eigenvalue weighted by Gasteiger charge is 2.38. The highest BCUT2D eigenvalue weighted by Crippen LogP contribution is 2.28. The van der Waals surface area contributed by atoms with Crippen LogP contribution >= 0.6 is 0 Å². The standard InChI is InChI=1S/C15H27NO4/c1-7-12-11(2)13(19-10-18-6)8-9-16(12)14(17)20-15(3,4)5/h7,11-13H,1,8-10H2,2-6H3/t11-,12-,13+/m1/s1. The molecule has 0 N–H and O–H groups in total. The van der Waals surface area contributed by atoms with Crippen molar-refractivity contribution in [3.63, 3.8) is 0 Å². The molecule has 0 spiro atoms. The minimum absolute atomic E-state index is 0.0663. The zero-order valence-corrected chi connectivity index (χ0v) is 13.2. The fraction of sp³-hybridized carbons (Fsp3) is 0.800. The Morgan fingerprint density at radius 1 is 1.45 bits per heavy atom. The molecule has 0 saturated carbocycles. The average Bonchev–Trinajstić information content (AvgIpc) is 2.34. The van der Waals surface area contributed by atoms with E-state index >= 15 is 0 Å². The summed E-state index contributed by atoms with van der Waals surface area (Å²) in [7, 11) is 1.60. The molecule has 116 valence electrons. The molecule has 1 aliphatic rings. The first-order valence-electron chi connectivity index (χ1n) is 7.03. The van der Waals surface area contributed by atoms with Crippen LogP contribution in [0, 0.1) is 5.92 Å². The predicted octanol–water partition coefficient (Wildman–Crippen LogP) is 2.81. The lowest BCUT2D eigenvalue weighted by molar-refractivity contribution is -0.114. The summed E-state index contributed by atoms with van der Waals surface area (Å²) in [4.78, 5) is 14.0. The van der Waals surface area contributed by atoms with Crippen molar-refractivity contribution < 1.29 is 19.0 Å².